The lowest BCUT2D eigenvalue weighted by Gasteiger charge is -2.08. The molecule has 0 atom stereocenters. The summed E-state index contributed by atoms with van der Waals surface area (Å²) in [6.45, 7) is 2.15. The highest BCUT2D eigenvalue weighted by molar-refractivity contribution is 7.89. The number of aryl methyl sites for hydroxylation is 1. The molecule has 0 aliphatic heterocycles. The van der Waals surface area contributed by atoms with Crippen molar-refractivity contribution < 1.29 is 8.42 Å². The van der Waals surface area contributed by atoms with Crippen LogP contribution in [0.3, 0.4) is 0 Å². The maximum absolute atomic E-state index is 12.5. The van der Waals surface area contributed by atoms with Gasteiger partial charge in [-0.25, -0.2) is 18.1 Å². The summed E-state index contributed by atoms with van der Waals surface area (Å²) in [5.74, 6) is 0. The Morgan fingerprint density at radius 3 is 2.90 bits per heavy atom. The Kier molecular flexibility index (Phi) is 3.75. The van der Waals surface area contributed by atoms with E-state index in [1.807, 2.05) is 31.2 Å². The summed E-state index contributed by atoms with van der Waals surface area (Å²) >= 11 is 7.29. The molecule has 3 aromatic rings. The molecule has 2 aromatic heterocycles. The molecule has 0 fully saturated rings. The van der Waals surface area contributed by atoms with Crippen LogP contribution in [0, 0.1) is 6.92 Å². The Balaban J connectivity index is 1.93. The number of benzene rings is 1. The average molecular weight is 342 g/mol. The van der Waals surface area contributed by atoms with Crippen LogP contribution in [0.1, 0.15) is 11.1 Å². The Labute approximate surface area is 131 Å². The molecule has 0 saturated carbocycles. The molecule has 2 heterocycles. The first-order valence-electron chi connectivity index (χ1n) is 6.14. The molecule has 0 spiro atoms. The van der Waals surface area contributed by atoms with Crippen LogP contribution in [0.4, 0.5) is 0 Å². The Morgan fingerprint density at radius 1 is 1.38 bits per heavy atom. The number of thiazole rings is 1. The summed E-state index contributed by atoms with van der Waals surface area (Å²) in [5.41, 5.74) is 1.95. The Morgan fingerprint density at radius 2 is 2.14 bits per heavy atom. The highest BCUT2D eigenvalue weighted by Gasteiger charge is 2.24. The van der Waals surface area contributed by atoms with E-state index in [9.17, 15) is 8.42 Å². The SMILES string of the molecule is Cc1ccccc1CNS(=O)(=O)c1c(Cl)nc2sccn12. The maximum atomic E-state index is 12.5. The van der Waals surface area contributed by atoms with Crippen molar-refractivity contribution in [2.75, 3.05) is 0 Å². The smallest absolute Gasteiger partial charge is 0.260 e. The molecule has 1 aromatic carbocycles. The molecule has 0 aliphatic carbocycles. The van der Waals surface area contributed by atoms with Crippen molar-refractivity contribution in [1.82, 2.24) is 14.1 Å². The third-order valence-electron chi connectivity index (χ3n) is 3.15. The van der Waals surface area contributed by atoms with Gasteiger partial charge in [-0.15, -0.1) is 11.3 Å². The molecule has 0 bridgehead atoms. The predicted octanol–water partition coefficient (Wildman–Crippen LogP) is 2.84. The Bertz CT molecular complexity index is 899. The van der Waals surface area contributed by atoms with Crippen LogP contribution in [0.2, 0.25) is 5.15 Å². The fraction of sp³-hybridized carbons (Fsp3) is 0.154. The number of nitrogens with one attached hydrogen (secondary N) is 1. The van der Waals surface area contributed by atoms with E-state index in [2.05, 4.69) is 9.71 Å². The van der Waals surface area contributed by atoms with Gasteiger partial charge in [-0.05, 0) is 18.1 Å². The van der Waals surface area contributed by atoms with E-state index >= 15 is 0 Å². The van der Waals surface area contributed by atoms with Crippen LogP contribution in [0.25, 0.3) is 4.96 Å². The maximum Gasteiger partial charge on any atom is 0.260 e. The zero-order valence-electron chi connectivity index (χ0n) is 11.1. The van der Waals surface area contributed by atoms with E-state index in [1.165, 1.54) is 15.7 Å². The van der Waals surface area contributed by atoms with Gasteiger partial charge in [0.25, 0.3) is 10.0 Å². The normalized spacial score (nSPS) is 12.1. The van der Waals surface area contributed by atoms with Crippen LogP contribution < -0.4 is 4.72 Å². The van der Waals surface area contributed by atoms with E-state index in [0.29, 0.717) is 4.96 Å². The lowest BCUT2D eigenvalue weighted by atomic mass is 10.1. The van der Waals surface area contributed by atoms with Crippen LogP contribution in [0.15, 0.2) is 40.9 Å². The van der Waals surface area contributed by atoms with Crippen molar-refractivity contribution in [2.45, 2.75) is 18.5 Å². The topological polar surface area (TPSA) is 63.5 Å². The van der Waals surface area contributed by atoms with E-state index in [4.69, 9.17) is 11.6 Å². The summed E-state index contributed by atoms with van der Waals surface area (Å²) in [7, 11) is -3.73. The van der Waals surface area contributed by atoms with E-state index < -0.39 is 10.0 Å². The minimum absolute atomic E-state index is 0.0147. The summed E-state index contributed by atoms with van der Waals surface area (Å²) in [6, 6.07) is 7.61. The third-order valence-corrected chi connectivity index (χ3v) is 5.70. The molecule has 21 heavy (non-hydrogen) atoms. The molecule has 5 nitrogen and oxygen atoms in total. The highest BCUT2D eigenvalue weighted by Crippen LogP contribution is 2.25. The van der Waals surface area contributed by atoms with Gasteiger partial charge < -0.3 is 0 Å². The third kappa shape index (κ3) is 2.69. The van der Waals surface area contributed by atoms with Gasteiger partial charge in [0.15, 0.2) is 15.1 Å². The van der Waals surface area contributed by atoms with E-state index in [-0.39, 0.29) is 16.7 Å². The van der Waals surface area contributed by atoms with Crippen LogP contribution in [0.5, 0.6) is 0 Å². The summed E-state index contributed by atoms with van der Waals surface area (Å²) < 4.78 is 29.0. The largest absolute Gasteiger partial charge is 0.279 e. The van der Waals surface area contributed by atoms with Gasteiger partial charge in [-0.2, -0.15) is 0 Å². The lowest BCUT2D eigenvalue weighted by molar-refractivity contribution is 0.576. The van der Waals surface area contributed by atoms with Crippen molar-refractivity contribution in [1.29, 1.82) is 0 Å². The molecule has 110 valence electrons. The summed E-state index contributed by atoms with van der Waals surface area (Å²) in [6.07, 6.45) is 1.64. The molecular formula is C13H12ClN3O2S2. The summed E-state index contributed by atoms with van der Waals surface area (Å²) in [4.78, 5) is 4.59. The second-order valence-electron chi connectivity index (χ2n) is 4.51. The number of rotatable bonds is 4. The number of hydrogen-bond acceptors (Lipinski definition) is 4. The van der Waals surface area contributed by atoms with Crippen molar-refractivity contribution in [2.24, 2.45) is 0 Å². The monoisotopic (exact) mass is 341 g/mol. The second kappa shape index (κ2) is 5.42. The lowest BCUT2D eigenvalue weighted by Crippen LogP contribution is -2.25. The quantitative estimate of drug-likeness (QED) is 0.793. The van der Waals surface area contributed by atoms with Gasteiger partial charge in [0, 0.05) is 18.1 Å². The van der Waals surface area contributed by atoms with Crippen LogP contribution in [-0.2, 0) is 16.6 Å². The van der Waals surface area contributed by atoms with Crippen molar-refractivity contribution in [3.05, 3.63) is 52.1 Å². The number of nitrogens with zero attached hydrogens (tertiary/aromatic N) is 2. The minimum Gasteiger partial charge on any atom is -0.279 e. The summed E-state index contributed by atoms with van der Waals surface area (Å²) in [5, 5.41) is 1.73. The number of sulfonamides is 1. The van der Waals surface area contributed by atoms with Crippen molar-refractivity contribution >= 4 is 37.9 Å². The molecule has 0 aliphatic rings. The number of halogens is 1. The fourth-order valence-electron chi connectivity index (χ4n) is 2.03. The predicted molar refractivity (Wildman–Crippen MR) is 83.3 cm³/mol. The zero-order chi connectivity index (χ0) is 15.0. The molecule has 0 unspecified atom stereocenters. The van der Waals surface area contributed by atoms with Crippen LogP contribution in [-0.4, -0.2) is 17.8 Å². The molecule has 0 amide bonds. The first kappa shape index (κ1) is 14.5. The number of imidazole rings is 1. The Hall–Kier alpha value is -1.41. The first-order valence-corrected chi connectivity index (χ1v) is 8.88. The van der Waals surface area contributed by atoms with Gasteiger partial charge in [-0.1, -0.05) is 35.9 Å². The fourth-order valence-corrected chi connectivity index (χ4v) is 4.48. The van der Waals surface area contributed by atoms with Crippen molar-refractivity contribution in [3.8, 4) is 0 Å². The molecule has 1 N–H and O–H groups in total. The number of aromatic nitrogens is 2. The van der Waals surface area contributed by atoms with Gasteiger partial charge in [0.1, 0.15) is 0 Å². The standard InChI is InChI=1S/C13H12ClN3O2S2/c1-9-4-2-3-5-10(9)8-15-21(18,19)12-11(14)16-13-17(12)6-7-20-13/h2-7,15H,8H2,1H3. The van der Waals surface area contributed by atoms with E-state index in [1.54, 1.807) is 11.6 Å². The number of hydrogen-bond donors (Lipinski definition) is 1. The molecule has 0 radical (unpaired) electrons. The average Bonchev–Trinajstić information content (AvgIpc) is 2.97. The van der Waals surface area contributed by atoms with Gasteiger partial charge in [-0.3, -0.25) is 4.40 Å². The molecule has 3 rings (SSSR count). The number of fused-ring (bicyclic) bond motifs is 1. The first-order chi connectivity index (χ1) is 9.99. The van der Waals surface area contributed by atoms with E-state index in [0.717, 1.165) is 11.1 Å². The molecule has 8 heteroatoms. The molecule has 0 saturated heterocycles. The minimum atomic E-state index is -3.73. The van der Waals surface area contributed by atoms with Gasteiger partial charge in [0.05, 0.1) is 0 Å². The van der Waals surface area contributed by atoms with Gasteiger partial charge in [0.2, 0.25) is 0 Å². The van der Waals surface area contributed by atoms with Crippen molar-refractivity contribution in [3.63, 3.8) is 0 Å². The van der Waals surface area contributed by atoms with Gasteiger partial charge >= 0.3 is 0 Å². The highest BCUT2D eigenvalue weighted by atomic mass is 35.5. The molecular weight excluding hydrogens is 330 g/mol. The van der Waals surface area contributed by atoms with Crippen LogP contribution >= 0.6 is 22.9 Å². The zero-order valence-corrected chi connectivity index (χ0v) is 13.5. The second-order valence-corrected chi connectivity index (χ2v) is 7.43.